The van der Waals surface area contributed by atoms with Gasteiger partial charge in [0.2, 0.25) is 0 Å². The first kappa shape index (κ1) is 7.51. The second kappa shape index (κ2) is 2.32. The third-order valence-electron chi connectivity index (χ3n) is 2.85. The molecule has 1 aromatic rings. The summed E-state index contributed by atoms with van der Waals surface area (Å²) in [5, 5.41) is 7.75. The van der Waals surface area contributed by atoms with Gasteiger partial charge < -0.3 is 10.6 Å². The molecule has 0 amide bonds. The minimum absolute atomic E-state index is 0.362. The second-order valence-electron chi connectivity index (χ2n) is 3.95. The Labute approximate surface area is 82.3 Å². The number of fused-ring (bicyclic) bond motifs is 1. The van der Waals surface area contributed by atoms with Gasteiger partial charge in [0.25, 0.3) is 0 Å². The van der Waals surface area contributed by atoms with Gasteiger partial charge in [-0.1, -0.05) is 11.6 Å². The molecule has 1 heterocycles. The summed E-state index contributed by atoms with van der Waals surface area (Å²) in [6.07, 6.45) is 2.56. The van der Waals surface area contributed by atoms with Crippen LogP contribution >= 0.6 is 11.6 Å². The molecule has 0 saturated heterocycles. The SMILES string of the molecule is Clc1ccc2c(c1)NCC1(CC1)N2. The second-order valence-corrected chi connectivity index (χ2v) is 4.39. The normalized spacial score (nSPS) is 21.6. The van der Waals surface area contributed by atoms with Crippen LogP contribution in [0.2, 0.25) is 5.02 Å². The van der Waals surface area contributed by atoms with Crippen LogP contribution in [-0.4, -0.2) is 12.1 Å². The summed E-state index contributed by atoms with van der Waals surface area (Å²) in [6, 6.07) is 5.94. The predicted octanol–water partition coefficient (Wildman–Crippen LogP) is 2.71. The lowest BCUT2D eigenvalue weighted by Gasteiger charge is -2.28. The minimum Gasteiger partial charge on any atom is -0.381 e. The molecular formula is C10H11ClN2. The van der Waals surface area contributed by atoms with Crippen molar-refractivity contribution in [1.29, 1.82) is 0 Å². The van der Waals surface area contributed by atoms with Gasteiger partial charge in [-0.25, -0.2) is 0 Å². The lowest BCUT2D eigenvalue weighted by molar-refractivity contribution is 0.755. The van der Waals surface area contributed by atoms with E-state index in [1.54, 1.807) is 0 Å². The molecule has 3 rings (SSSR count). The number of benzene rings is 1. The lowest BCUT2D eigenvalue weighted by atomic mass is 10.1. The summed E-state index contributed by atoms with van der Waals surface area (Å²) in [7, 11) is 0. The molecule has 0 unspecified atom stereocenters. The number of halogens is 1. The van der Waals surface area contributed by atoms with Gasteiger partial charge in [0, 0.05) is 11.6 Å². The molecule has 1 aliphatic carbocycles. The maximum Gasteiger partial charge on any atom is 0.0591 e. The third kappa shape index (κ3) is 1.17. The van der Waals surface area contributed by atoms with Crippen molar-refractivity contribution in [3.05, 3.63) is 23.2 Å². The van der Waals surface area contributed by atoms with Crippen molar-refractivity contribution >= 4 is 23.0 Å². The van der Waals surface area contributed by atoms with Crippen LogP contribution in [0, 0.1) is 0 Å². The largest absolute Gasteiger partial charge is 0.381 e. The van der Waals surface area contributed by atoms with E-state index < -0.39 is 0 Å². The van der Waals surface area contributed by atoms with E-state index in [1.165, 1.54) is 18.5 Å². The lowest BCUT2D eigenvalue weighted by Crippen LogP contribution is -2.34. The molecular weight excluding hydrogens is 184 g/mol. The first-order valence-electron chi connectivity index (χ1n) is 4.59. The van der Waals surface area contributed by atoms with Gasteiger partial charge in [0.1, 0.15) is 0 Å². The number of nitrogens with one attached hydrogen (secondary N) is 2. The molecule has 1 fully saturated rings. The van der Waals surface area contributed by atoms with Gasteiger partial charge in [0.05, 0.1) is 16.9 Å². The highest BCUT2D eigenvalue weighted by atomic mass is 35.5. The topological polar surface area (TPSA) is 24.1 Å². The Kier molecular flexibility index (Phi) is 1.34. The first-order chi connectivity index (χ1) is 6.27. The van der Waals surface area contributed by atoms with Crippen molar-refractivity contribution in [2.75, 3.05) is 17.2 Å². The molecule has 2 nitrogen and oxygen atoms in total. The van der Waals surface area contributed by atoms with Crippen LogP contribution in [0.3, 0.4) is 0 Å². The zero-order valence-corrected chi connectivity index (χ0v) is 7.99. The number of anilines is 2. The van der Waals surface area contributed by atoms with Gasteiger partial charge in [-0.05, 0) is 31.0 Å². The quantitative estimate of drug-likeness (QED) is 0.664. The molecule has 0 atom stereocenters. The highest BCUT2D eigenvalue weighted by molar-refractivity contribution is 6.31. The van der Waals surface area contributed by atoms with E-state index in [9.17, 15) is 0 Å². The predicted molar refractivity (Wildman–Crippen MR) is 55.5 cm³/mol. The monoisotopic (exact) mass is 194 g/mol. The van der Waals surface area contributed by atoms with Crippen LogP contribution in [0.1, 0.15) is 12.8 Å². The van der Waals surface area contributed by atoms with Crippen LogP contribution in [0.4, 0.5) is 11.4 Å². The maximum atomic E-state index is 5.90. The van der Waals surface area contributed by atoms with Crippen molar-refractivity contribution in [2.45, 2.75) is 18.4 Å². The zero-order chi connectivity index (χ0) is 8.89. The summed E-state index contributed by atoms with van der Waals surface area (Å²) in [4.78, 5) is 0. The molecule has 2 aliphatic rings. The Bertz CT molecular complexity index is 358. The summed E-state index contributed by atoms with van der Waals surface area (Å²) in [6.45, 7) is 1.03. The fraction of sp³-hybridized carbons (Fsp3) is 0.400. The number of hydrogen-bond donors (Lipinski definition) is 2. The third-order valence-corrected chi connectivity index (χ3v) is 3.09. The van der Waals surface area contributed by atoms with Crippen LogP contribution in [0.25, 0.3) is 0 Å². The molecule has 13 heavy (non-hydrogen) atoms. The van der Waals surface area contributed by atoms with Crippen molar-refractivity contribution < 1.29 is 0 Å². The van der Waals surface area contributed by atoms with Gasteiger partial charge in [-0.15, -0.1) is 0 Å². The van der Waals surface area contributed by atoms with Gasteiger partial charge >= 0.3 is 0 Å². The van der Waals surface area contributed by atoms with Gasteiger partial charge in [-0.3, -0.25) is 0 Å². The van der Waals surface area contributed by atoms with Crippen molar-refractivity contribution in [3.63, 3.8) is 0 Å². The van der Waals surface area contributed by atoms with Crippen LogP contribution in [-0.2, 0) is 0 Å². The summed E-state index contributed by atoms with van der Waals surface area (Å²) in [5.41, 5.74) is 2.68. The Morgan fingerprint density at radius 1 is 1.23 bits per heavy atom. The van der Waals surface area contributed by atoms with E-state index in [0.29, 0.717) is 5.54 Å². The van der Waals surface area contributed by atoms with Crippen LogP contribution in [0.5, 0.6) is 0 Å². The minimum atomic E-state index is 0.362. The van der Waals surface area contributed by atoms with E-state index in [0.717, 1.165) is 17.3 Å². The molecule has 0 radical (unpaired) electrons. The fourth-order valence-electron chi connectivity index (χ4n) is 1.82. The van der Waals surface area contributed by atoms with E-state index in [4.69, 9.17) is 11.6 Å². The molecule has 1 spiro atoms. The van der Waals surface area contributed by atoms with Crippen LogP contribution < -0.4 is 10.6 Å². The smallest absolute Gasteiger partial charge is 0.0591 e. The van der Waals surface area contributed by atoms with Crippen molar-refractivity contribution in [2.24, 2.45) is 0 Å². The molecule has 0 bridgehead atoms. The zero-order valence-electron chi connectivity index (χ0n) is 7.23. The number of rotatable bonds is 0. The summed E-state index contributed by atoms with van der Waals surface area (Å²) in [5.74, 6) is 0. The average Bonchev–Trinajstić information content (AvgIpc) is 2.87. The van der Waals surface area contributed by atoms with E-state index in [2.05, 4.69) is 10.6 Å². The van der Waals surface area contributed by atoms with E-state index in [-0.39, 0.29) is 0 Å². The van der Waals surface area contributed by atoms with Gasteiger partial charge in [0.15, 0.2) is 0 Å². The van der Waals surface area contributed by atoms with Crippen molar-refractivity contribution in [1.82, 2.24) is 0 Å². The van der Waals surface area contributed by atoms with Crippen LogP contribution in [0.15, 0.2) is 18.2 Å². The Balaban J connectivity index is 2.00. The summed E-state index contributed by atoms with van der Waals surface area (Å²) >= 11 is 5.90. The Morgan fingerprint density at radius 2 is 2.08 bits per heavy atom. The van der Waals surface area contributed by atoms with Gasteiger partial charge in [-0.2, -0.15) is 0 Å². The molecule has 1 aliphatic heterocycles. The van der Waals surface area contributed by atoms with E-state index in [1.807, 2.05) is 18.2 Å². The molecule has 1 aromatic carbocycles. The molecule has 3 heteroatoms. The molecule has 1 saturated carbocycles. The Morgan fingerprint density at radius 3 is 2.85 bits per heavy atom. The molecule has 2 N–H and O–H groups in total. The highest BCUT2D eigenvalue weighted by Gasteiger charge is 2.44. The first-order valence-corrected chi connectivity index (χ1v) is 4.97. The number of hydrogen-bond acceptors (Lipinski definition) is 2. The molecule has 68 valence electrons. The average molecular weight is 195 g/mol. The van der Waals surface area contributed by atoms with Crippen molar-refractivity contribution in [3.8, 4) is 0 Å². The summed E-state index contributed by atoms with van der Waals surface area (Å²) < 4.78 is 0. The van der Waals surface area contributed by atoms with E-state index >= 15 is 0 Å². The Hall–Kier alpha value is -0.890. The molecule has 0 aromatic heterocycles. The maximum absolute atomic E-state index is 5.90. The standard InChI is InChI=1S/C10H11ClN2/c11-7-1-2-8-9(5-7)12-6-10(13-8)3-4-10/h1-2,5,12-13H,3-4,6H2. The fourth-order valence-corrected chi connectivity index (χ4v) is 1.99. The highest BCUT2D eigenvalue weighted by Crippen LogP contribution is 2.44.